The van der Waals surface area contributed by atoms with Crippen molar-refractivity contribution in [2.75, 3.05) is 0 Å². The van der Waals surface area contributed by atoms with Crippen molar-refractivity contribution in [1.29, 1.82) is 10.5 Å². The van der Waals surface area contributed by atoms with Gasteiger partial charge in [-0.05, 0) is 65.6 Å². The summed E-state index contributed by atoms with van der Waals surface area (Å²) in [7, 11) is 0. The van der Waals surface area contributed by atoms with Gasteiger partial charge < -0.3 is 14.2 Å². The van der Waals surface area contributed by atoms with Gasteiger partial charge in [-0.3, -0.25) is 14.6 Å². The molecule has 1 aromatic heterocycles. The summed E-state index contributed by atoms with van der Waals surface area (Å²) < 4.78 is 17.9. The van der Waals surface area contributed by atoms with E-state index in [-0.39, 0.29) is 35.3 Å². The first-order valence-electron chi connectivity index (χ1n) is 14.1. The molecule has 1 heterocycles. The number of hydrogen-bond donors (Lipinski definition) is 0. The third kappa shape index (κ3) is 7.39. The summed E-state index contributed by atoms with van der Waals surface area (Å²) in [4.78, 5) is 26.8. The third-order valence-corrected chi connectivity index (χ3v) is 7.42. The quantitative estimate of drug-likeness (QED) is 0.128. The van der Waals surface area contributed by atoms with E-state index in [1.165, 1.54) is 18.3 Å². The minimum Gasteiger partial charge on any atom is -0.489 e. The van der Waals surface area contributed by atoms with Crippen molar-refractivity contribution in [3.05, 3.63) is 141 Å². The lowest BCUT2D eigenvalue weighted by molar-refractivity contribution is 0.111. The Hall–Kier alpha value is -5.96. The van der Waals surface area contributed by atoms with E-state index in [2.05, 4.69) is 11.1 Å². The monoisotopic (exact) mass is 627 g/mol. The summed E-state index contributed by atoms with van der Waals surface area (Å²) in [5, 5.41) is 19.5. The maximum atomic E-state index is 11.7. The molecule has 0 saturated heterocycles. The number of aromatic nitrogens is 1. The zero-order chi connectivity index (χ0) is 32.5. The van der Waals surface area contributed by atoms with E-state index >= 15 is 0 Å². The van der Waals surface area contributed by atoms with Gasteiger partial charge in [0.1, 0.15) is 55.5 Å². The Bertz CT molecular complexity index is 2010. The second-order valence-corrected chi connectivity index (χ2v) is 10.7. The number of rotatable bonds is 12. The van der Waals surface area contributed by atoms with Crippen molar-refractivity contribution in [3.8, 4) is 40.5 Å². The van der Waals surface area contributed by atoms with E-state index in [1.54, 1.807) is 36.5 Å². The highest BCUT2D eigenvalue weighted by Gasteiger charge is 2.15. The molecule has 0 aliphatic heterocycles. The van der Waals surface area contributed by atoms with E-state index in [1.807, 2.05) is 49.4 Å². The molecule has 0 spiro atoms. The molecule has 0 unspecified atom stereocenters. The lowest BCUT2D eigenvalue weighted by atomic mass is 9.95. The Morgan fingerprint density at radius 3 is 2.30 bits per heavy atom. The molecule has 0 N–H and O–H groups in total. The van der Waals surface area contributed by atoms with Crippen LogP contribution < -0.4 is 14.2 Å². The largest absolute Gasteiger partial charge is 0.489 e. The molecule has 46 heavy (non-hydrogen) atoms. The summed E-state index contributed by atoms with van der Waals surface area (Å²) in [6, 6.07) is 27.5. The second-order valence-electron chi connectivity index (χ2n) is 10.3. The van der Waals surface area contributed by atoms with Crippen LogP contribution in [0.25, 0.3) is 11.1 Å². The van der Waals surface area contributed by atoms with Gasteiger partial charge in [-0.15, -0.1) is 0 Å². The van der Waals surface area contributed by atoms with Gasteiger partial charge in [0.25, 0.3) is 0 Å². The van der Waals surface area contributed by atoms with Crippen LogP contribution in [0, 0.1) is 29.6 Å². The van der Waals surface area contributed by atoms with Crippen LogP contribution in [0.4, 0.5) is 0 Å². The number of nitrogens with zero attached hydrogens (tertiary/aromatic N) is 3. The van der Waals surface area contributed by atoms with Gasteiger partial charge in [0.15, 0.2) is 6.29 Å². The highest BCUT2D eigenvalue weighted by molar-refractivity contribution is 6.32. The van der Waals surface area contributed by atoms with Crippen LogP contribution in [-0.2, 0) is 19.8 Å². The Labute approximate surface area is 271 Å². The third-order valence-electron chi connectivity index (χ3n) is 7.12. The minimum atomic E-state index is 0.0311. The Balaban J connectivity index is 1.33. The lowest BCUT2D eigenvalue weighted by Crippen LogP contribution is -2.03. The maximum absolute atomic E-state index is 11.7. The number of halogens is 1. The first-order valence-corrected chi connectivity index (χ1v) is 14.5. The zero-order valence-electron chi connectivity index (χ0n) is 24.7. The van der Waals surface area contributed by atoms with Crippen LogP contribution in [0.15, 0.2) is 91.3 Å². The fraction of sp³-hybridized carbons (Fsp3) is 0.108. The van der Waals surface area contributed by atoms with Gasteiger partial charge >= 0.3 is 0 Å². The molecule has 0 bridgehead atoms. The molecular weight excluding hydrogens is 602 g/mol. The predicted molar refractivity (Wildman–Crippen MR) is 172 cm³/mol. The van der Waals surface area contributed by atoms with E-state index in [0.717, 1.165) is 28.5 Å². The van der Waals surface area contributed by atoms with Gasteiger partial charge in [0.05, 0.1) is 21.7 Å². The number of aryl methyl sites for hydroxylation is 1. The van der Waals surface area contributed by atoms with E-state index in [4.69, 9.17) is 31.1 Å². The van der Waals surface area contributed by atoms with Crippen molar-refractivity contribution in [1.82, 2.24) is 4.98 Å². The number of carbonyl (C=O) groups excluding carboxylic acids is 2. The van der Waals surface area contributed by atoms with Gasteiger partial charge in [-0.25, -0.2) is 0 Å². The zero-order valence-corrected chi connectivity index (χ0v) is 25.5. The van der Waals surface area contributed by atoms with Crippen LogP contribution in [0.1, 0.15) is 54.1 Å². The highest BCUT2D eigenvalue weighted by atomic mass is 35.5. The molecule has 226 valence electrons. The van der Waals surface area contributed by atoms with E-state index in [0.29, 0.717) is 46.5 Å². The summed E-state index contributed by atoms with van der Waals surface area (Å²) in [5.41, 5.74) is 6.31. The molecule has 8 nitrogen and oxygen atoms in total. The first kappa shape index (κ1) is 31.5. The Kier molecular flexibility index (Phi) is 10.0. The van der Waals surface area contributed by atoms with Crippen LogP contribution >= 0.6 is 11.6 Å². The van der Waals surface area contributed by atoms with Crippen LogP contribution in [-0.4, -0.2) is 17.6 Å². The standard InChI is InChI=1S/C37H26ClN3O5/c1-24-10-25(19-42)8-9-35(24)44-21-26-4-2-5-29(12-26)32-7-3-6-30(33(32)16-40)23-46-37-14-36(31(20-43)13-34(37)38)45-22-28-11-27(15-39)17-41-18-28/h2-14,17-20H,21-23H2,1H3. The first-order chi connectivity index (χ1) is 22.4. The van der Waals surface area contributed by atoms with Gasteiger partial charge in [-0.1, -0.05) is 48.0 Å². The van der Waals surface area contributed by atoms with Crippen molar-refractivity contribution >= 4 is 24.2 Å². The van der Waals surface area contributed by atoms with Crippen LogP contribution in [0.5, 0.6) is 17.2 Å². The smallest absolute Gasteiger partial charge is 0.153 e. The fourth-order valence-corrected chi connectivity index (χ4v) is 5.04. The van der Waals surface area contributed by atoms with Gasteiger partial charge in [-0.2, -0.15) is 10.5 Å². The molecule has 4 aromatic carbocycles. The number of aldehydes is 2. The second kappa shape index (κ2) is 14.7. The number of benzene rings is 4. The number of carbonyl (C=O) groups is 2. The molecular formula is C37H26ClN3O5. The molecule has 0 saturated carbocycles. The van der Waals surface area contributed by atoms with Gasteiger partial charge in [0.2, 0.25) is 0 Å². The maximum Gasteiger partial charge on any atom is 0.153 e. The van der Waals surface area contributed by atoms with E-state index in [9.17, 15) is 14.9 Å². The number of nitriles is 2. The normalized spacial score (nSPS) is 10.3. The SMILES string of the molecule is Cc1cc(C=O)ccc1OCc1cccc(-c2cccc(COc3cc(OCc4cncc(C#N)c4)c(C=O)cc3Cl)c2C#N)c1. The molecule has 0 aliphatic rings. The average molecular weight is 628 g/mol. The number of ether oxygens (including phenoxy) is 3. The molecule has 0 atom stereocenters. The van der Waals surface area contributed by atoms with Gasteiger partial charge in [0, 0.05) is 35.2 Å². The molecule has 9 heteroatoms. The Morgan fingerprint density at radius 2 is 1.54 bits per heavy atom. The molecule has 0 aliphatic carbocycles. The minimum absolute atomic E-state index is 0.0311. The molecule has 0 fully saturated rings. The van der Waals surface area contributed by atoms with E-state index < -0.39 is 0 Å². The Morgan fingerprint density at radius 1 is 0.761 bits per heavy atom. The van der Waals surface area contributed by atoms with Crippen molar-refractivity contribution in [2.24, 2.45) is 0 Å². The number of hydrogen-bond acceptors (Lipinski definition) is 8. The summed E-state index contributed by atoms with van der Waals surface area (Å²) in [5.74, 6) is 1.21. The van der Waals surface area contributed by atoms with Crippen molar-refractivity contribution in [2.45, 2.75) is 26.7 Å². The molecule has 0 radical (unpaired) electrons. The van der Waals surface area contributed by atoms with Crippen LogP contribution in [0.2, 0.25) is 5.02 Å². The lowest BCUT2D eigenvalue weighted by Gasteiger charge is -2.15. The predicted octanol–water partition coefficient (Wildman–Crippen LogP) is 7.82. The molecule has 5 rings (SSSR count). The number of pyridine rings is 1. The highest BCUT2D eigenvalue weighted by Crippen LogP contribution is 2.34. The molecule has 5 aromatic rings. The summed E-state index contributed by atoms with van der Waals surface area (Å²) in [6.45, 7) is 2.29. The van der Waals surface area contributed by atoms with Crippen molar-refractivity contribution in [3.63, 3.8) is 0 Å². The topological polar surface area (TPSA) is 122 Å². The fourth-order valence-electron chi connectivity index (χ4n) is 4.81. The summed E-state index contributed by atoms with van der Waals surface area (Å²) in [6.07, 6.45) is 4.46. The summed E-state index contributed by atoms with van der Waals surface area (Å²) >= 11 is 6.44. The van der Waals surface area contributed by atoms with Crippen molar-refractivity contribution < 1.29 is 23.8 Å². The molecule has 0 amide bonds. The van der Waals surface area contributed by atoms with Crippen LogP contribution in [0.3, 0.4) is 0 Å². The average Bonchev–Trinajstić information content (AvgIpc) is 3.09.